The number of likely N-dealkylation sites (N-methyl/N-ethyl adjacent to an activating group) is 1. The Kier molecular flexibility index (Phi) is 1.71. The Labute approximate surface area is 74.0 Å². The molecule has 0 aromatic heterocycles. The van der Waals surface area contributed by atoms with Gasteiger partial charge in [-0.25, -0.2) is 0 Å². The van der Waals surface area contributed by atoms with Gasteiger partial charge in [0.05, 0.1) is 17.9 Å². The van der Waals surface area contributed by atoms with Gasteiger partial charge in [-0.1, -0.05) is 12.2 Å². The van der Waals surface area contributed by atoms with Gasteiger partial charge in [0, 0.05) is 7.05 Å². The molecule has 0 aromatic rings. The highest BCUT2D eigenvalue weighted by atomic mass is 15.3. The Bertz CT molecular complexity index is 242. The predicted molar refractivity (Wildman–Crippen MR) is 51.4 cm³/mol. The third kappa shape index (κ3) is 1.06. The van der Waals surface area contributed by atoms with Crippen molar-refractivity contribution >= 4 is 5.84 Å². The fourth-order valence-electron chi connectivity index (χ4n) is 2.23. The van der Waals surface area contributed by atoms with E-state index in [0.29, 0.717) is 12.1 Å². The van der Waals surface area contributed by atoms with Crippen LogP contribution in [0, 0.1) is 0 Å². The number of hydrogen-bond acceptors (Lipinski definition) is 2. The standard InChI is InChI=1S/C10H16N2/c1-7-4-5-10-9(6-7)11-8(2)12(10)3/h9-10H,1,4-6H2,2-3H3. The lowest BCUT2D eigenvalue weighted by Crippen LogP contribution is -2.38. The Morgan fingerprint density at radius 2 is 2.33 bits per heavy atom. The maximum Gasteiger partial charge on any atom is 0.0962 e. The molecule has 1 aliphatic heterocycles. The van der Waals surface area contributed by atoms with E-state index in [1.165, 1.54) is 24.3 Å². The van der Waals surface area contributed by atoms with E-state index in [0.717, 1.165) is 6.42 Å². The van der Waals surface area contributed by atoms with Crippen molar-refractivity contribution in [2.45, 2.75) is 38.3 Å². The van der Waals surface area contributed by atoms with Crippen molar-refractivity contribution in [2.24, 2.45) is 4.99 Å². The molecule has 2 nitrogen and oxygen atoms in total. The van der Waals surface area contributed by atoms with Gasteiger partial charge in [-0.2, -0.15) is 0 Å². The highest BCUT2D eigenvalue weighted by Gasteiger charge is 2.34. The molecule has 0 N–H and O–H groups in total. The molecule has 1 aliphatic carbocycles. The van der Waals surface area contributed by atoms with Gasteiger partial charge in [0.15, 0.2) is 0 Å². The molecular weight excluding hydrogens is 148 g/mol. The number of fused-ring (bicyclic) bond motifs is 1. The third-order valence-electron chi connectivity index (χ3n) is 3.10. The summed E-state index contributed by atoms with van der Waals surface area (Å²) in [6.07, 6.45) is 3.53. The van der Waals surface area contributed by atoms with Gasteiger partial charge in [0.1, 0.15) is 0 Å². The van der Waals surface area contributed by atoms with Crippen molar-refractivity contribution in [3.05, 3.63) is 12.2 Å². The zero-order valence-corrected chi connectivity index (χ0v) is 7.88. The summed E-state index contributed by atoms with van der Waals surface area (Å²) in [7, 11) is 2.15. The second-order valence-corrected chi connectivity index (χ2v) is 3.91. The smallest absolute Gasteiger partial charge is 0.0962 e. The minimum Gasteiger partial charge on any atom is -0.358 e. The summed E-state index contributed by atoms with van der Waals surface area (Å²) in [6.45, 7) is 6.14. The van der Waals surface area contributed by atoms with E-state index in [1.807, 2.05) is 0 Å². The van der Waals surface area contributed by atoms with Crippen LogP contribution in [0.2, 0.25) is 0 Å². The monoisotopic (exact) mass is 164 g/mol. The summed E-state index contributed by atoms with van der Waals surface area (Å²) in [5.41, 5.74) is 1.38. The first-order chi connectivity index (χ1) is 5.68. The SMILES string of the molecule is C=C1CCC2C(C1)N=C(C)N2C. The molecule has 0 spiro atoms. The van der Waals surface area contributed by atoms with Crippen molar-refractivity contribution in [2.75, 3.05) is 7.05 Å². The van der Waals surface area contributed by atoms with Crippen LogP contribution in [0.15, 0.2) is 17.1 Å². The van der Waals surface area contributed by atoms with Crippen LogP contribution >= 0.6 is 0 Å². The van der Waals surface area contributed by atoms with Crippen molar-refractivity contribution in [3.8, 4) is 0 Å². The van der Waals surface area contributed by atoms with E-state index in [-0.39, 0.29) is 0 Å². The van der Waals surface area contributed by atoms with Crippen LogP contribution < -0.4 is 0 Å². The van der Waals surface area contributed by atoms with Crippen LogP contribution in [0.5, 0.6) is 0 Å². The summed E-state index contributed by atoms with van der Waals surface area (Å²) in [6, 6.07) is 1.17. The minimum atomic E-state index is 0.510. The molecule has 12 heavy (non-hydrogen) atoms. The molecule has 1 heterocycles. The van der Waals surface area contributed by atoms with E-state index in [1.54, 1.807) is 0 Å². The lowest BCUT2D eigenvalue weighted by molar-refractivity contribution is 0.305. The van der Waals surface area contributed by atoms with Crippen molar-refractivity contribution < 1.29 is 0 Å². The summed E-state index contributed by atoms with van der Waals surface area (Å²) in [5.74, 6) is 1.19. The van der Waals surface area contributed by atoms with Crippen LogP contribution in [0.25, 0.3) is 0 Å². The zero-order valence-electron chi connectivity index (χ0n) is 7.88. The highest BCUT2D eigenvalue weighted by molar-refractivity contribution is 5.82. The Morgan fingerprint density at radius 1 is 1.58 bits per heavy atom. The number of rotatable bonds is 0. The minimum absolute atomic E-state index is 0.510. The summed E-state index contributed by atoms with van der Waals surface area (Å²) < 4.78 is 0. The van der Waals surface area contributed by atoms with Gasteiger partial charge < -0.3 is 4.90 Å². The maximum absolute atomic E-state index is 4.62. The Morgan fingerprint density at radius 3 is 3.08 bits per heavy atom. The van der Waals surface area contributed by atoms with Gasteiger partial charge in [-0.15, -0.1) is 0 Å². The summed E-state index contributed by atoms with van der Waals surface area (Å²) in [4.78, 5) is 6.94. The molecule has 2 rings (SSSR count). The fourth-order valence-corrected chi connectivity index (χ4v) is 2.23. The molecule has 0 amide bonds. The lowest BCUT2D eigenvalue weighted by atomic mass is 9.88. The van der Waals surface area contributed by atoms with Gasteiger partial charge in [0.2, 0.25) is 0 Å². The zero-order chi connectivity index (χ0) is 8.72. The van der Waals surface area contributed by atoms with E-state index in [4.69, 9.17) is 0 Å². The van der Waals surface area contributed by atoms with Gasteiger partial charge >= 0.3 is 0 Å². The molecule has 2 aliphatic rings. The fraction of sp³-hybridized carbons (Fsp3) is 0.700. The predicted octanol–water partition coefficient (Wildman–Crippen LogP) is 1.83. The van der Waals surface area contributed by atoms with Crippen LogP contribution in [0.3, 0.4) is 0 Å². The average Bonchev–Trinajstić information content (AvgIpc) is 2.28. The first kappa shape index (κ1) is 7.84. The molecular formula is C10H16N2. The number of aliphatic imine (C=N–C) groups is 1. The molecule has 0 bridgehead atoms. The summed E-state index contributed by atoms with van der Waals surface area (Å²) >= 11 is 0. The van der Waals surface area contributed by atoms with Crippen LogP contribution in [0.4, 0.5) is 0 Å². The second-order valence-electron chi connectivity index (χ2n) is 3.91. The Hall–Kier alpha value is -0.790. The van der Waals surface area contributed by atoms with E-state index in [2.05, 4.69) is 30.4 Å². The summed E-state index contributed by atoms with van der Waals surface area (Å²) in [5, 5.41) is 0. The number of nitrogens with zero attached hydrogens (tertiary/aromatic N) is 2. The van der Waals surface area contributed by atoms with Crippen LogP contribution in [-0.2, 0) is 0 Å². The first-order valence-corrected chi connectivity index (χ1v) is 4.62. The van der Waals surface area contributed by atoms with Crippen molar-refractivity contribution in [1.82, 2.24) is 4.90 Å². The molecule has 66 valence electrons. The second kappa shape index (κ2) is 2.61. The van der Waals surface area contributed by atoms with Crippen LogP contribution in [-0.4, -0.2) is 29.9 Å². The molecule has 2 heteroatoms. The largest absolute Gasteiger partial charge is 0.358 e. The average molecular weight is 164 g/mol. The molecule has 0 radical (unpaired) electrons. The maximum atomic E-state index is 4.62. The molecule has 1 saturated carbocycles. The quantitative estimate of drug-likeness (QED) is 0.499. The van der Waals surface area contributed by atoms with Gasteiger partial charge in [0.25, 0.3) is 0 Å². The molecule has 0 saturated heterocycles. The molecule has 0 aromatic carbocycles. The highest BCUT2D eigenvalue weighted by Crippen LogP contribution is 2.31. The number of hydrogen-bond donors (Lipinski definition) is 0. The first-order valence-electron chi connectivity index (χ1n) is 4.62. The van der Waals surface area contributed by atoms with E-state index >= 15 is 0 Å². The molecule has 2 unspecified atom stereocenters. The molecule has 2 atom stereocenters. The Balaban J connectivity index is 2.16. The van der Waals surface area contributed by atoms with Crippen LogP contribution in [0.1, 0.15) is 26.2 Å². The lowest BCUT2D eigenvalue weighted by Gasteiger charge is -2.30. The van der Waals surface area contributed by atoms with Crippen molar-refractivity contribution in [1.29, 1.82) is 0 Å². The normalized spacial score (nSPS) is 35.0. The molecule has 1 fully saturated rings. The third-order valence-corrected chi connectivity index (χ3v) is 3.10. The van der Waals surface area contributed by atoms with Gasteiger partial charge in [-0.3, -0.25) is 4.99 Å². The van der Waals surface area contributed by atoms with E-state index < -0.39 is 0 Å². The van der Waals surface area contributed by atoms with Crippen molar-refractivity contribution in [3.63, 3.8) is 0 Å². The van der Waals surface area contributed by atoms with E-state index in [9.17, 15) is 0 Å². The van der Waals surface area contributed by atoms with Gasteiger partial charge in [-0.05, 0) is 26.2 Å². The topological polar surface area (TPSA) is 15.6 Å². The number of amidine groups is 1.